The van der Waals surface area contributed by atoms with Crippen LogP contribution >= 0.6 is 0 Å². The van der Waals surface area contributed by atoms with Crippen LogP contribution < -0.4 is 4.72 Å². The second kappa shape index (κ2) is 6.54. The first-order chi connectivity index (χ1) is 10.3. The fourth-order valence-corrected chi connectivity index (χ4v) is 2.96. The molecule has 0 bridgehead atoms. The van der Waals surface area contributed by atoms with E-state index in [-0.39, 0.29) is 11.4 Å². The van der Waals surface area contributed by atoms with Crippen molar-refractivity contribution in [2.24, 2.45) is 0 Å². The molecule has 0 radical (unpaired) electrons. The summed E-state index contributed by atoms with van der Waals surface area (Å²) in [5, 5.41) is 0. The molecule has 3 nitrogen and oxygen atoms in total. The summed E-state index contributed by atoms with van der Waals surface area (Å²) in [7, 11) is -3.69. The van der Waals surface area contributed by atoms with E-state index in [4.69, 9.17) is 0 Å². The van der Waals surface area contributed by atoms with Crippen molar-refractivity contribution < 1.29 is 17.2 Å². The fourth-order valence-electron chi connectivity index (χ4n) is 1.94. The van der Waals surface area contributed by atoms with Gasteiger partial charge in [-0.15, -0.1) is 0 Å². The quantitative estimate of drug-likeness (QED) is 0.913. The molecule has 0 spiro atoms. The maximum atomic E-state index is 13.1. The van der Waals surface area contributed by atoms with Crippen molar-refractivity contribution >= 4 is 10.0 Å². The van der Waals surface area contributed by atoms with Gasteiger partial charge >= 0.3 is 0 Å². The Morgan fingerprint density at radius 2 is 1.64 bits per heavy atom. The van der Waals surface area contributed by atoms with Crippen LogP contribution in [0.25, 0.3) is 0 Å². The molecule has 0 saturated heterocycles. The van der Waals surface area contributed by atoms with Gasteiger partial charge in [-0.3, -0.25) is 0 Å². The van der Waals surface area contributed by atoms with E-state index >= 15 is 0 Å². The van der Waals surface area contributed by atoms with Crippen LogP contribution in [0.1, 0.15) is 30.9 Å². The molecule has 0 unspecified atom stereocenters. The molecular formula is C16H17F2NO2S. The van der Waals surface area contributed by atoms with Crippen LogP contribution in [0.15, 0.2) is 47.4 Å². The van der Waals surface area contributed by atoms with Crippen molar-refractivity contribution in [2.75, 3.05) is 0 Å². The Labute approximate surface area is 129 Å². The average molecular weight is 325 g/mol. The number of benzene rings is 2. The molecule has 22 heavy (non-hydrogen) atoms. The Hall–Kier alpha value is -1.79. The maximum Gasteiger partial charge on any atom is 0.240 e. The van der Waals surface area contributed by atoms with Gasteiger partial charge in [0, 0.05) is 6.54 Å². The Morgan fingerprint density at radius 3 is 2.18 bits per heavy atom. The molecule has 0 aliphatic carbocycles. The number of nitrogens with one attached hydrogen (secondary N) is 1. The zero-order chi connectivity index (χ0) is 16.3. The average Bonchev–Trinajstić information content (AvgIpc) is 2.48. The van der Waals surface area contributed by atoms with Gasteiger partial charge in [0.15, 0.2) is 11.6 Å². The minimum Gasteiger partial charge on any atom is -0.207 e. The lowest BCUT2D eigenvalue weighted by Gasteiger charge is -2.09. The molecule has 0 saturated carbocycles. The fraction of sp³-hybridized carbons (Fsp3) is 0.250. The minimum absolute atomic E-state index is 0.106. The van der Waals surface area contributed by atoms with Crippen molar-refractivity contribution in [3.05, 3.63) is 65.2 Å². The summed E-state index contributed by atoms with van der Waals surface area (Å²) in [6.45, 7) is 3.93. The van der Waals surface area contributed by atoms with E-state index in [1.165, 1.54) is 18.2 Å². The van der Waals surface area contributed by atoms with E-state index in [2.05, 4.69) is 4.72 Å². The van der Waals surface area contributed by atoms with Gasteiger partial charge < -0.3 is 0 Å². The molecule has 2 rings (SSSR count). The highest BCUT2D eigenvalue weighted by Crippen LogP contribution is 2.17. The van der Waals surface area contributed by atoms with Crippen LogP contribution in [0, 0.1) is 11.6 Å². The molecule has 0 fully saturated rings. The number of hydrogen-bond acceptors (Lipinski definition) is 2. The second-order valence-corrected chi connectivity index (χ2v) is 7.06. The first kappa shape index (κ1) is 16.6. The van der Waals surface area contributed by atoms with Crippen LogP contribution in [0.2, 0.25) is 0 Å². The standard InChI is InChI=1S/C16H17F2NO2S/c1-11(2)13-4-6-14(7-5-13)22(20,21)19-10-12-3-8-15(17)16(18)9-12/h3-9,11,19H,10H2,1-2H3. The molecule has 0 aliphatic heterocycles. The zero-order valence-corrected chi connectivity index (χ0v) is 13.1. The topological polar surface area (TPSA) is 46.2 Å². The second-order valence-electron chi connectivity index (χ2n) is 5.30. The molecule has 2 aromatic rings. The van der Waals surface area contributed by atoms with Gasteiger partial charge in [0.1, 0.15) is 0 Å². The molecule has 2 aromatic carbocycles. The molecule has 0 atom stereocenters. The van der Waals surface area contributed by atoms with Crippen molar-refractivity contribution in [3.63, 3.8) is 0 Å². The van der Waals surface area contributed by atoms with Gasteiger partial charge in [-0.25, -0.2) is 21.9 Å². The molecule has 0 heterocycles. The monoisotopic (exact) mass is 325 g/mol. The first-order valence-electron chi connectivity index (χ1n) is 6.83. The number of rotatable bonds is 5. The summed E-state index contributed by atoms with van der Waals surface area (Å²) in [5.74, 6) is -1.65. The summed E-state index contributed by atoms with van der Waals surface area (Å²) in [5.41, 5.74) is 1.39. The molecule has 6 heteroatoms. The summed E-state index contributed by atoms with van der Waals surface area (Å²) >= 11 is 0. The van der Waals surface area contributed by atoms with Gasteiger partial charge in [-0.2, -0.15) is 0 Å². The van der Waals surface area contributed by atoms with Crippen LogP contribution in [-0.2, 0) is 16.6 Å². The third kappa shape index (κ3) is 3.90. The summed E-state index contributed by atoms with van der Waals surface area (Å²) in [6.07, 6.45) is 0. The van der Waals surface area contributed by atoms with E-state index in [0.29, 0.717) is 11.5 Å². The summed E-state index contributed by atoms with van der Waals surface area (Å²) in [4.78, 5) is 0.138. The van der Waals surface area contributed by atoms with Gasteiger partial charge in [0.25, 0.3) is 0 Å². The normalized spacial score (nSPS) is 11.9. The van der Waals surface area contributed by atoms with Gasteiger partial charge in [-0.05, 0) is 41.3 Å². The highest BCUT2D eigenvalue weighted by Gasteiger charge is 2.14. The summed E-state index contributed by atoms with van der Waals surface area (Å²) < 4.78 is 52.6. The molecular weight excluding hydrogens is 308 g/mol. The molecule has 0 aromatic heterocycles. The zero-order valence-electron chi connectivity index (χ0n) is 12.3. The van der Waals surface area contributed by atoms with Crippen LogP contribution in [0.3, 0.4) is 0 Å². The largest absolute Gasteiger partial charge is 0.240 e. The van der Waals surface area contributed by atoms with Gasteiger partial charge in [-0.1, -0.05) is 32.0 Å². The van der Waals surface area contributed by atoms with E-state index in [9.17, 15) is 17.2 Å². The molecule has 118 valence electrons. The third-order valence-electron chi connectivity index (χ3n) is 3.31. The molecule has 0 amide bonds. The van der Waals surface area contributed by atoms with Crippen molar-refractivity contribution in [2.45, 2.75) is 31.2 Å². The van der Waals surface area contributed by atoms with Gasteiger partial charge in [0.05, 0.1) is 4.90 Å². The first-order valence-corrected chi connectivity index (χ1v) is 8.31. The lowest BCUT2D eigenvalue weighted by molar-refractivity contribution is 0.506. The van der Waals surface area contributed by atoms with Crippen LogP contribution in [-0.4, -0.2) is 8.42 Å². The number of halogens is 2. The van der Waals surface area contributed by atoms with Crippen LogP contribution in [0.5, 0.6) is 0 Å². The van der Waals surface area contributed by atoms with E-state index in [1.54, 1.807) is 12.1 Å². The number of sulfonamides is 1. The van der Waals surface area contributed by atoms with E-state index < -0.39 is 21.7 Å². The van der Waals surface area contributed by atoms with Gasteiger partial charge in [0.2, 0.25) is 10.0 Å². The smallest absolute Gasteiger partial charge is 0.207 e. The highest BCUT2D eigenvalue weighted by molar-refractivity contribution is 7.89. The Morgan fingerprint density at radius 1 is 1.00 bits per heavy atom. The Kier molecular flexibility index (Phi) is 4.93. The van der Waals surface area contributed by atoms with Crippen molar-refractivity contribution in [3.8, 4) is 0 Å². The van der Waals surface area contributed by atoms with E-state index in [1.807, 2.05) is 13.8 Å². The van der Waals surface area contributed by atoms with Crippen molar-refractivity contribution in [1.82, 2.24) is 4.72 Å². The van der Waals surface area contributed by atoms with Crippen LogP contribution in [0.4, 0.5) is 8.78 Å². The SMILES string of the molecule is CC(C)c1ccc(S(=O)(=O)NCc2ccc(F)c(F)c2)cc1. The summed E-state index contributed by atoms with van der Waals surface area (Å²) in [6, 6.07) is 9.86. The Bertz CT molecular complexity index is 756. The predicted octanol–water partition coefficient (Wildman–Crippen LogP) is 3.57. The predicted molar refractivity (Wildman–Crippen MR) is 80.9 cm³/mol. The minimum atomic E-state index is -3.69. The molecule has 1 N–H and O–H groups in total. The maximum absolute atomic E-state index is 13.1. The lowest BCUT2D eigenvalue weighted by Crippen LogP contribution is -2.23. The lowest BCUT2D eigenvalue weighted by atomic mass is 10.0. The van der Waals surface area contributed by atoms with E-state index in [0.717, 1.165) is 17.7 Å². The number of hydrogen-bond donors (Lipinski definition) is 1. The Balaban J connectivity index is 2.12. The molecule has 0 aliphatic rings. The van der Waals surface area contributed by atoms with Crippen molar-refractivity contribution in [1.29, 1.82) is 0 Å². The third-order valence-corrected chi connectivity index (χ3v) is 4.72. The highest BCUT2D eigenvalue weighted by atomic mass is 32.2.